The highest BCUT2D eigenvalue weighted by Crippen LogP contribution is 2.21. The molecule has 0 unspecified atom stereocenters. The van der Waals surface area contributed by atoms with Crippen LogP contribution in [-0.4, -0.2) is 114 Å². The molecule has 384 valence electrons. The zero-order valence-electron chi connectivity index (χ0n) is 41.9. The second kappa shape index (κ2) is 28.1. The average molecular weight is 969 g/mol. The molecular weight excluding hydrogens is 893 g/mol. The summed E-state index contributed by atoms with van der Waals surface area (Å²) < 4.78 is 15.8. The Morgan fingerprint density at radius 1 is 0.536 bits per heavy atom. The summed E-state index contributed by atoms with van der Waals surface area (Å²) in [7, 11) is 0. The third kappa shape index (κ3) is 24.9. The maximum absolute atomic E-state index is 14.1. The van der Waals surface area contributed by atoms with E-state index in [1.807, 2.05) is 12.1 Å². The van der Waals surface area contributed by atoms with E-state index >= 15 is 0 Å². The van der Waals surface area contributed by atoms with Crippen molar-refractivity contribution in [2.24, 2.45) is 5.73 Å². The highest BCUT2D eigenvalue weighted by atomic mass is 16.6. The van der Waals surface area contributed by atoms with Crippen molar-refractivity contribution in [1.29, 1.82) is 0 Å². The van der Waals surface area contributed by atoms with Gasteiger partial charge in [-0.3, -0.25) is 19.2 Å². The van der Waals surface area contributed by atoms with E-state index in [1.54, 1.807) is 86.6 Å². The smallest absolute Gasteiger partial charge is 0.407 e. The third-order valence-corrected chi connectivity index (χ3v) is 9.73. The number of carbonyl (C=O) groups excluding carboxylic acids is 7. The van der Waals surface area contributed by atoms with Gasteiger partial charge in [0.15, 0.2) is 6.17 Å². The van der Waals surface area contributed by atoms with Crippen LogP contribution in [0.3, 0.4) is 0 Å². The number of hydrogen-bond acceptors (Lipinski definition) is 12. The SMILES string of the molecule is CCCCc1ccc(-c2ccc(C(=O)N[C@@H](CNC(=O)OC(C)(C)C)C(=O)N[C@@H](CCCCNC(=O)OC(C)(C)C)C(=O)N[C@@H](N)C(=O)N[C@@H](CCCCNC(=O)OC(C)(C)C)C(=O)O)cc2)cc1. The Balaban J connectivity index is 2.26. The lowest BCUT2D eigenvalue weighted by Gasteiger charge is -2.26. The van der Waals surface area contributed by atoms with E-state index in [9.17, 15) is 43.5 Å². The van der Waals surface area contributed by atoms with Crippen LogP contribution in [0.15, 0.2) is 48.5 Å². The van der Waals surface area contributed by atoms with Gasteiger partial charge >= 0.3 is 24.2 Å². The molecule has 20 nitrogen and oxygen atoms in total. The van der Waals surface area contributed by atoms with Gasteiger partial charge in [-0.05, 0) is 143 Å². The number of aryl methyl sites for hydroxylation is 1. The number of carbonyl (C=O) groups is 8. The number of unbranched alkanes of at least 4 members (excludes halogenated alkanes) is 3. The lowest BCUT2D eigenvalue weighted by atomic mass is 10.0. The van der Waals surface area contributed by atoms with Gasteiger partial charge in [0.1, 0.15) is 34.9 Å². The molecule has 7 amide bonds. The molecule has 0 aromatic heterocycles. The molecule has 0 radical (unpaired) electrons. The fraction of sp³-hybridized carbons (Fsp3) is 0.592. The number of rotatable bonds is 25. The van der Waals surface area contributed by atoms with Crippen LogP contribution in [0.2, 0.25) is 0 Å². The van der Waals surface area contributed by atoms with E-state index < -0.39 is 95.5 Å². The standard InChI is InChI=1S/C49H76N8O12/c1-11-12-17-31-20-22-32(23-21-31)33-24-26-34(27-25-33)39(58)56-37(30-53-46(66)69-49(8,9)10)41(60)54-35(18-13-15-28-51-44(64)67-47(2,3)4)40(59)57-38(50)42(61)55-36(43(62)63)19-14-16-29-52-45(65)68-48(5,6)7/h20-27,35-38H,11-19,28-30,50H2,1-10H3,(H,51,64)(H,52,65)(H,53,66)(H,54,60)(H,55,61)(H,56,58)(H,57,59)(H,62,63)/t35-,36-,37-,38+/m0/s1. The average Bonchev–Trinajstić information content (AvgIpc) is 3.24. The van der Waals surface area contributed by atoms with Crippen molar-refractivity contribution in [3.05, 3.63) is 59.7 Å². The normalized spacial score (nSPS) is 13.3. The van der Waals surface area contributed by atoms with Crippen molar-refractivity contribution in [2.45, 2.75) is 168 Å². The Hall–Kier alpha value is -6.44. The number of carboxylic acids is 1. The number of nitrogens with two attached hydrogens (primary N) is 1. The summed E-state index contributed by atoms with van der Waals surface area (Å²) in [6.07, 6.45) is 0.347. The van der Waals surface area contributed by atoms with Crippen molar-refractivity contribution in [2.75, 3.05) is 19.6 Å². The Bertz CT molecular complexity index is 2010. The number of aliphatic carboxylic acids is 1. The fourth-order valence-corrected chi connectivity index (χ4v) is 6.34. The highest BCUT2D eigenvalue weighted by molar-refractivity contribution is 5.99. The molecule has 0 saturated heterocycles. The number of ether oxygens (including phenoxy) is 3. The first-order valence-corrected chi connectivity index (χ1v) is 23.5. The van der Waals surface area contributed by atoms with Crippen LogP contribution < -0.4 is 43.0 Å². The van der Waals surface area contributed by atoms with Crippen LogP contribution in [0, 0.1) is 0 Å². The zero-order chi connectivity index (χ0) is 52.0. The molecule has 2 rings (SSSR count). The lowest BCUT2D eigenvalue weighted by Crippen LogP contribution is -2.61. The summed E-state index contributed by atoms with van der Waals surface area (Å²) in [5.41, 5.74) is 6.98. The number of amides is 7. The summed E-state index contributed by atoms with van der Waals surface area (Å²) >= 11 is 0. The van der Waals surface area contributed by atoms with Crippen LogP contribution >= 0.6 is 0 Å². The van der Waals surface area contributed by atoms with Gasteiger partial charge in [-0.15, -0.1) is 0 Å². The number of alkyl carbamates (subject to hydrolysis) is 3. The molecule has 69 heavy (non-hydrogen) atoms. The molecule has 2 aromatic rings. The van der Waals surface area contributed by atoms with Crippen LogP contribution in [0.5, 0.6) is 0 Å². The first-order valence-electron chi connectivity index (χ1n) is 23.5. The van der Waals surface area contributed by atoms with Gasteiger partial charge < -0.3 is 62.3 Å². The maximum Gasteiger partial charge on any atom is 0.407 e. The minimum Gasteiger partial charge on any atom is -0.480 e. The quantitative estimate of drug-likeness (QED) is 0.0353. The second-order valence-corrected chi connectivity index (χ2v) is 19.6. The number of benzene rings is 2. The molecular formula is C49H76N8O12. The minimum absolute atomic E-state index is 0.0324. The topological polar surface area (TPSA) is 295 Å². The Labute approximate surface area is 406 Å². The molecule has 2 aromatic carbocycles. The second-order valence-electron chi connectivity index (χ2n) is 19.6. The molecule has 0 bridgehead atoms. The van der Waals surface area contributed by atoms with Crippen molar-refractivity contribution in [3.63, 3.8) is 0 Å². The number of nitrogens with one attached hydrogen (secondary N) is 7. The lowest BCUT2D eigenvalue weighted by molar-refractivity contribution is -0.142. The molecule has 0 saturated carbocycles. The van der Waals surface area contributed by atoms with E-state index in [1.165, 1.54) is 5.56 Å². The number of hydrogen-bond donors (Lipinski definition) is 9. The molecule has 0 spiro atoms. The monoisotopic (exact) mass is 969 g/mol. The van der Waals surface area contributed by atoms with Crippen molar-refractivity contribution >= 4 is 47.9 Å². The molecule has 10 N–H and O–H groups in total. The molecule has 0 fully saturated rings. The summed E-state index contributed by atoms with van der Waals surface area (Å²) in [6.45, 7) is 17.2. The van der Waals surface area contributed by atoms with Gasteiger partial charge in [0.2, 0.25) is 11.8 Å². The van der Waals surface area contributed by atoms with Gasteiger partial charge in [0.25, 0.3) is 11.8 Å². The third-order valence-electron chi connectivity index (χ3n) is 9.73. The van der Waals surface area contributed by atoms with E-state index in [4.69, 9.17) is 19.9 Å². The van der Waals surface area contributed by atoms with Crippen molar-refractivity contribution < 1.29 is 57.7 Å². The largest absolute Gasteiger partial charge is 0.480 e. The molecule has 0 aliphatic heterocycles. The van der Waals surface area contributed by atoms with E-state index in [2.05, 4.69) is 56.3 Å². The molecule has 0 heterocycles. The van der Waals surface area contributed by atoms with Crippen molar-refractivity contribution in [1.82, 2.24) is 37.2 Å². The highest BCUT2D eigenvalue weighted by Gasteiger charge is 2.31. The first kappa shape index (κ1) is 58.7. The van der Waals surface area contributed by atoms with Gasteiger partial charge in [-0.25, -0.2) is 19.2 Å². The van der Waals surface area contributed by atoms with Crippen molar-refractivity contribution in [3.8, 4) is 11.1 Å². The minimum atomic E-state index is -1.77. The predicted molar refractivity (Wildman–Crippen MR) is 260 cm³/mol. The fourth-order valence-electron chi connectivity index (χ4n) is 6.34. The van der Waals surface area contributed by atoms with Crippen LogP contribution in [0.25, 0.3) is 11.1 Å². The van der Waals surface area contributed by atoms with E-state index in [0.717, 1.165) is 30.4 Å². The Morgan fingerprint density at radius 2 is 0.971 bits per heavy atom. The first-order chi connectivity index (χ1) is 32.2. The molecule has 4 atom stereocenters. The Morgan fingerprint density at radius 3 is 1.43 bits per heavy atom. The maximum atomic E-state index is 14.1. The summed E-state index contributed by atoms with van der Waals surface area (Å²) in [5, 5.41) is 27.4. The van der Waals surface area contributed by atoms with Gasteiger partial charge in [-0.2, -0.15) is 0 Å². The predicted octanol–water partition coefficient (Wildman–Crippen LogP) is 5.16. The van der Waals surface area contributed by atoms with Gasteiger partial charge in [0.05, 0.1) is 6.54 Å². The molecule has 0 aliphatic rings. The molecule has 20 heteroatoms. The summed E-state index contributed by atoms with van der Waals surface area (Å²) in [6, 6.07) is 10.6. The summed E-state index contributed by atoms with van der Waals surface area (Å²) in [5.74, 6) is -4.87. The van der Waals surface area contributed by atoms with Crippen LogP contribution in [0.1, 0.15) is 137 Å². The van der Waals surface area contributed by atoms with Crippen LogP contribution in [-0.2, 0) is 39.8 Å². The van der Waals surface area contributed by atoms with E-state index in [-0.39, 0.29) is 44.3 Å². The molecule has 0 aliphatic carbocycles. The summed E-state index contributed by atoms with van der Waals surface area (Å²) in [4.78, 5) is 104. The van der Waals surface area contributed by atoms with E-state index in [0.29, 0.717) is 12.8 Å². The van der Waals surface area contributed by atoms with Gasteiger partial charge in [-0.1, -0.05) is 49.7 Å². The van der Waals surface area contributed by atoms with Crippen LogP contribution in [0.4, 0.5) is 14.4 Å². The number of carboxylic acid groups (broad SMARTS) is 1. The van der Waals surface area contributed by atoms with Gasteiger partial charge in [0, 0.05) is 18.7 Å². The Kier molecular flexibility index (Phi) is 23.9. The zero-order valence-corrected chi connectivity index (χ0v) is 41.9.